The molecule has 0 saturated heterocycles. The molecular formula is C26H41ClO6S2. The van der Waals surface area contributed by atoms with Gasteiger partial charge in [-0.05, 0) is 79.1 Å². The Labute approximate surface area is 217 Å². The predicted molar refractivity (Wildman–Crippen MR) is 145 cm³/mol. The van der Waals surface area contributed by atoms with E-state index < -0.39 is 19.7 Å². The van der Waals surface area contributed by atoms with E-state index in [0.717, 1.165) is 28.7 Å². The van der Waals surface area contributed by atoms with Crippen LogP contribution in [0.15, 0.2) is 34.1 Å². The first-order valence-corrected chi connectivity index (χ1v) is 15.5. The second-order valence-corrected chi connectivity index (χ2v) is 12.8. The van der Waals surface area contributed by atoms with E-state index in [0.29, 0.717) is 15.5 Å². The molecule has 0 saturated carbocycles. The lowest BCUT2D eigenvalue weighted by Gasteiger charge is -2.13. The largest absolute Gasteiger partial charge is 0.395 e. The summed E-state index contributed by atoms with van der Waals surface area (Å²) < 4.78 is 47.7. The minimum Gasteiger partial charge on any atom is -0.395 e. The number of halogens is 1. The standard InChI is InChI=1S/C12H17ClO3S.C12H18O3S.C2H6/c1-8(2)10-6-11(13)9(3)12(7-10)17(15,16)5-4-14;1-4-11-7-9(2)10(3)12(8-11)16(14,15)6-5-13;1-2/h6-8,14H,4-5H2,1-3H3;7-8,13H,4-6H2,1-3H3;1-2H3. The van der Waals surface area contributed by atoms with E-state index in [1.165, 1.54) is 0 Å². The smallest absolute Gasteiger partial charge is 0.180 e. The van der Waals surface area contributed by atoms with E-state index in [-0.39, 0.29) is 35.5 Å². The lowest BCUT2D eigenvalue weighted by molar-refractivity contribution is 0.319. The van der Waals surface area contributed by atoms with Gasteiger partial charge in [-0.2, -0.15) is 0 Å². The number of rotatable bonds is 8. The van der Waals surface area contributed by atoms with Gasteiger partial charge in [-0.15, -0.1) is 0 Å². The fraction of sp³-hybridized carbons (Fsp3) is 0.538. The highest BCUT2D eigenvalue weighted by Gasteiger charge is 2.20. The Morgan fingerprint density at radius 2 is 1.26 bits per heavy atom. The SMILES string of the molecule is CC.CCc1cc(C)c(C)c(S(=O)(=O)CCO)c1.Cc1c(Cl)cc(C(C)C)cc1S(=O)(=O)CCO. The van der Waals surface area contributed by atoms with Crippen molar-refractivity contribution in [1.82, 2.24) is 0 Å². The molecule has 0 aliphatic carbocycles. The lowest BCUT2D eigenvalue weighted by atomic mass is 10.0. The summed E-state index contributed by atoms with van der Waals surface area (Å²) in [7, 11) is -6.80. The molecule has 0 spiro atoms. The molecule has 6 nitrogen and oxygen atoms in total. The van der Waals surface area contributed by atoms with Crippen molar-refractivity contribution in [3.8, 4) is 0 Å². The number of benzene rings is 2. The van der Waals surface area contributed by atoms with Gasteiger partial charge < -0.3 is 10.2 Å². The van der Waals surface area contributed by atoms with Gasteiger partial charge in [0.2, 0.25) is 0 Å². The fourth-order valence-electron chi connectivity index (χ4n) is 3.22. The van der Waals surface area contributed by atoms with Gasteiger partial charge in [-0.3, -0.25) is 0 Å². The van der Waals surface area contributed by atoms with Crippen LogP contribution in [0.5, 0.6) is 0 Å². The van der Waals surface area contributed by atoms with E-state index in [1.54, 1.807) is 32.0 Å². The van der Waals surface area contributed by atoms with Crippen LogP contribution in [0.2, 0.25) is 5.02 Å². The monoisotopic (exact) mass is 548 g/mol. The first-order valence-electron chi connectivity index (χ1n) is 11.8. The Morgan fingerprint density at radius 1 is 0.800 bits per heavy atom. The second-order valence-electron chi connectivity index (χ2n) is 8.25. The molecule has 2 rings (SSSR count). The maximum absolute atomic E-state index is 12.0. The van der Waals surface area contributed by atoms with Crippen molar-refractivity contribution in [3.63, 3.8) is 0 Å². The quantitative estimate of drug-likeness (QED) is 0.469. The number of aliphatic hydroxyl groups is 2. The second kappa shape index (κ2) is 15.0. The third-order valence-electron chi connectivity index (χ3n) is 5.46. The highest BCUT2D eigenvalue weighted by atomic mass is 35.5. The zero-order valence-corrected chi connectivity index (χ0v) is 24.5. The molecule has 0 atom stereocenters. The molecule has 0 unspecified atom stereocenters. The average molecular weight is 549 g/mol. The molecule has 0 radical (unpaired) electrons. The minimum absolute atomic E-state index is 0.205. The van der Waals surface area contributed by atoms with E-state index in [2.05, 4.69) is 0 Å². The first-order chi connectivity index (χ1) is 16.2. The molecule has 0 aliphatic heterocycles. The third-order valence-corrected chi connectivity index (χ3v) is 9.48. The molecule has 0 aromatic heterocycles. The summed E-state index contributed by atoms with van der Waals surface area (Å²) in [6.07, 6.45) is 0.808. The van der Waals surface area contributed by atoms with Gasteiger partial charge in [0.25, 0.3) is 0 Å². The molecule has 200 valence electrons. The fourth-order valence-corrected chi connectivity index (χ4v) is 6.27. The number of hydrogen-bond donors (Lipinski definition) is 2. The Kier molecular flexibility index (Phi) is 14.3. The van der Waals surface area contributed by atoms with Crippen LogP contribution >= 0.6 is 11.6 Å². The highest BCUT2D eigenvalue weighted by Crippen LogP contribution is 2.29. The number of aryl methyl sites for hydroxylation is 2. The van der Waals surface area contributed by atoms with Crippen molar-refractivity contribution in [3.05, 3.63) is 57.1 Å². The maximum atomic E-state index is 12.0. The van der Waals surface area contributed by atoms with Gasteiger partial charge in [0.1, 0.15) is 0 Å². The zero-order valence-electron chi connectivity index (χ0n) is 22.1. The van der Waals surface area contributed by atoms with E-state index >= 15 is 0 Å². The molecule has 9 heteroatoms. The third kappa shape index (κ3) is 9.50. The van der Waals surface area contributed by atoms with Crippen molar-refractivity contribution >= 4 is 31.3 Å². The van der Waals surface area contributed by atoms with Crippen molar-refractivity contribution in [2.45, 2.75) is 77.5 Å². The van der Waals surface area contributed by atoms with Gasteiger partial charge in [0.15, 0.2) is 19.7 Å². The van der Waals surface area contributed by atoms with Crippen molar-refractivity contribution < 1.29 is 27.0 Å². The normalized spacial score (nSPS) is 11.4. The van der Waals surface area contributed by atoms with E-state index in [9.17, 15) is 16.8 Å². The number of sulfone groups is 2. The summed E-state index contributed by atoms with van der Waals surface area (Å²) in [5.74, 6) is -0.275. The number of hydrogen-bond acceptors (Lipinski definition) is 6. The van der Waals surface area contributed by atoms with Gasteiger partial charge >= 0.3 is 0 Å². The predicted octanol–water partition coefficient (Wildman–Crippen LogP) is 5.20. The molecule has 0 heterocycles. The summed E-state index contributed by atoms with van der Waals surface area (Å²) in [4.78, 5) is 0.584. The van der Waals surface area contributed by atoms with Crippen LogP contribution in [0.3, 0.4) is 0 Å². The first kappa shape index (κ1) is 33.5. The van der Waals surface area contributed by atoms with Crippen LogP contribution < -0.4 is 0 Å². The Bertz CT molecular complexity index is 1170. The van der Waals surface area contributed by atoms with E-state index in [4.69, 9.17) is 21.8 Å². The minimum atomic E-state index is -3.45. The van der Waals surface area contributed by atoms with Crippen LogP contribution in [-0.2, 0) is 26.1 Å². The molecule has 2 aromatic rings. The van der Waals surface area contributed by atoms with Gasteiger partial charge in [0, 0.05) is 5.02 Å². The van der Waals surface area contributed by atoms with Gasteiger partial charge in [-0.1, -0.05) is 52.3 Å². The Balaban J connectivity index is 0.000000618. The van der Waals surface area contributed by atoms with Crippen LogP contribution in [0.25, 0.3) is 0 Å². The summed E-state index contributed by atoms with van der Waals surface area (Å²) in [6.45, 7) is 14.6. The highest BCUT2D eigenvalue weighted by molar-refractivity contribution is 7.91. The van der Waals surface area contributed by atoms with Crippen LogP contribution in [0.4, 0.5) is 0 Å². The van der Waals surface area contributed by atoms with Crippen LogP contribution in [0.1, 0.15) is 68.4 Å². The number of aliphatic hydroxyl groups excluding tert-OH is 2. The summed E-state index contributed by atoms with van der Waals surface area (Å²) in [6, 6.07) is 7.16. The van der Waals surface area contributed by atoms with Crippen molar-refractivity contribution in [2.75, 3.05) is 24.7 Å². The average Bonchev–Trinajstić information content (AvgIpc) is 2.78. The van der Waals surface area contributed by atoms with Gasteiger partial charge in [-0.25, -0.2) is 16.8 Å². The summed E-state index contributed by atoms with van der Waals surface area (Å²) in [5, 5.41) is 18.0. The van der Waals surface area contributed by atoms with Crippen molar-refractivity contribution in [2.24, 2.45) is 0 Å². The molecule has 0 bridgehead atoms. The maximum Gasteiger partial charge on any atom is 0.180 e. The topological polar surface area (TPSA) is 109 Å². The molecule has 0 fully saturated rings. The van der Waals surface area contributed by atoms with Crippen molar-refractivity contribution in [1.29, 1.82) is 0 Å². The van der Waals surface area contributed by atoms with Crippen LogP contribution in [0, 0.1) is 20.8 Å². The molecule has 0 aliphatic rings. The van der Waals surface area contributed by atoms with Gasteiger partial charge in [0.05, 0.1) is 34.5 Å². The summed E-state index contributed by atoms with van der Waals surface area (Å²) in [5.41, 5.74) is 4.21. The molecule has 0 amide bonds. The Morgan fingerprint density at radius 3 is 1.66 bits per heavy atom. The summed E-state index contributed by atoms with van der Waals surface area (Å²) >= 11 is 6.04. The zero-order chi connectivity index (χ0) is 27.6. The molecular weight excluding hydrogens is 508 g/mol. The molecule has 2 N–H and O–H groups in total. The van der Waals surface area contributed by atoms with E-state index in [1.807, 2.05) is 47.6 Å². The lowest BCUT2D eigenvalue weighted by Crippen LogP contribution is -2.12. The Hall–Kier alpha value is -1.45. The van der Waals surface area contributed by atoms with Crippen LogP contribution in [-0.4, -0.2) is 51.8 Å². The molecule has 2 aromatic carbocycles. The molecule has 35 heavy (non-hydrogen) atoms.